The van der Waals surface area contributed by atoms with E-state index >= 15 is 0 Å². The molecule has 12 nitrogen and oxygen atoms in total. The van der Waals surface area contributed by atoms with E-state index in [2.05, 4.69) is 128 Å². The summed E-state index contributed by atoms with van der Waals surface area (Å²) in [7, 11) is 0. The molecule has 15 heteroatoms. The van der Waals surface area contributed by atoms with Crippen molar-refractivity contribution < 1.29 is 28.5 Å². The molecular weight excluding hydrogens is 1020 g/mol. The zero-order chi connectivity index (χ0) is 62.3. The van der Waals surface area contributed by atoms with E-state index in [0.29, 0.717) is 57.7 Å². The first-order valence-electron chi connectivity index (χ1n) is 32.5. The van der Waals surface area contributed by atoms with E-state index in [1.165, 1.54) is 83.6 Å². The molecule has 81 heavy (non-hydrogen) atoms. The number of hydrogen-bond donors (Lipinski definition) is 9. The Morgan fingerprint density at radius 1 is 0.370 bits per heavy atom. The van der Waals surface area contributed by atoms with Gasteiger partial charge in [-0.25, -0.2) is 0 Å². The molecule has 482 valence electrons. The van der Waals surface area contributed by atoms with Crippen molar-refractivity contribution in [1.82, 2.24) is 14.7 Å². The number of aliphatic hydroxyl groups is 3. The van der Waals surface area contributed by atoms with Crippen molar-refractivity contribution in [1.29, 1.82) is 0 Å². The van der Waals surface area contributed by atoms with Crippen molar-refractivity contribution in [2.24, 2.45) is 110 Å². The zero-order valence-electron chi connectivity index (χ0n) is 55.9. The van der Waals surface area contributed by atoms with Gasteiger partial charge in [-0.1, -0.05) is 82.6 Å². The molecule has 0 aromatic heterocycles. The second kappa shape index (κ2) is 30.0. The quantitative estimate of drug-likeness (QED) is 0.126. The van der Waals surface area contributed by atoms with Crippen LogP contribution in [0.15, 0.2) is 0 Å². The van der Waals surface area contributed by atoms with Gasteiger partial charge in [0.25, 0.3) is 0 Å². The number of nitrogens with zero attached hydrogens (tertiary/aromatic N) is 3. The molecule has 17 atom stereocenters. The second-order valence-electron chi connectivity index (χ2n) is 34.1. The summed E-state index contributed by atoms with van der Waals surface area (Å²) in [6, 6.07) is 0.413. The van der Waals surface area contributed by atoms with Crippen molar-refractivity contribution in [2.45, 2.75) is 306 Å². The lowest BCUT2D eigenvalue weighted by Gasteiger charge is -2.46. The van der Waals surface area contributed by atoms with Gasteiger partial charge in [0, 0.05) is 98.1 Å². The Bertz CT molecular complexity index is 1770. The highest BCUT2D eigenvalue weighted by molar-refractivity contribution is 5.00. The molecule has 0 radical (unpaired) electrons. The maximum Gasteiger partial charge on any atom is 0.395 e. The molecule has 0 bridgehead atoms. The summed E-state index contributed by atoms with van der Waals surface area (Å²) < 4.78 is 38.1. The van der Waals surface area contributed by atoms with E-state index in [0.717, 1.165) is 68.0 Å². The normalized spacial score (nSPS) is 37.3. The fourth-order valence-electron chi connectivity index (χ4n) is 13.8. The molecule has 8 aliphatic rings. The predicted octanol–water partition coefficient (Wildman–Crippen LogP) is 10.7. The van der Waals surface area contributed by atoms with Crippen LogP contribution in [-0.2, 0) is 0 Å². The number of nitrogens with two attached hydrogens (primary N) is 6. The number of halogens is 3. The first-order chi connectivity index (χ1) is 36.6. The Balaban J connectivity index is 0.000000256. The third kappa shape index (κ3) is 25.1. The van der Waals surface area contributed by atoms with Gasteiger partial charge in [-0.2, -0.15) is 13.2 Å². The fraction of sp³-hybridized carbons (Fsp3) is 1.00. The molecule has 0 aromatic rings. The van der Waals surface area contributed by atoms with Gasteiger partial charge in [-0.3, -0.25) is 14.7 Å². The number of piperidine rings is 3. The van der Waals surface area contributed by atoms with E-state index in [-0.39, 0.29) is 48.5 Å². The SMILES string of the molecule is CC(C)(C)C1CCC[C@H](N)C1.CC(C)(C)N1C[C@@H](N)C[C@@H](C2CC2)C1.CC(C)(C)N1C[C@@H](N)[C@H](O)[C@@H](C(F)(F)F)C1.CC(C)(C)N1C[C@@H](N)[C@H](O)[C@@H](C2CC2)C1.C[C@H]1CC(C(C)(C)C)C[C@@H](N)C1.C[C@H]1CC(C(C)(C)C)C[C@@H](N)[C@@H]1O. The average molecular weight is 1160 g/mol. The van der Waals surface area contributed by atoms with E-state index in [1.54, 1.807) is 4.90 Å². The van der Waals surface area contributed by atoms with Gasteiger partial charge in [0.2, 0.25) is 0 Å². The van der Waals surface area contributed by atoms with Crippen molar-refractivity contribution in [3.8, 4) is 0 Å². The topological polar surface area (TPSA) is 227 Å². The summed E-state index contributed by atoms with van der Waals surface area (Å²) >= 11 is 0. The summed E-state index contributed by atoms with van der Waals surface area (Å²) in [6.07, 6.45) is 11.4. The zero-order valence-corrected chi connectivity index (χ0v) is 55.9. The summed E-state index contributed by atoms with van der Waals surface area (Å²) in [5, 5.41) is 29.3. The van der Waals surface area contributed by atoms with E-state index in [4.69, 9.17) is 34.4 Å². The lowest BCUT2D eigenvalue weighted by Crippen LogP contribution is -2.63. The van der Waals surface area contributed by atoms with E-state index in [1.807, 2.05) is 20.8 Å². The first-order valence-corrected chi connectivity index (χ1v) is 32.5. The Hall–Kier alpha value is -0.690. The Morgan fingerprint density at radius 3 is 1.22 bits per heavy atom. The molecule has 5 aliphatic carbocycles. The highest BCUT2D eigenvalue weighted by Crippen LogP contribution is 2.45. The minimum atomic E-state index is -4.40. The van der Waals surface area contributed by atoms with Crippen LogP contribution in [-0.4, -0.2) is 147 Å². The number of alkyl halides is 3. The molecule has 0 spiro atoms. The van der Waals surface area contributed by atoms with Crippen LogP contribution < -0.4 is 34.4 Å². The van der Waals surface area contributed by atoms with Crippen molar-refractivity contribution in [3.63, 3.8) is 0 Å². The molecule has 3 saturated heterocycles. The largest absolute Gasteiger partial charge is 0.395 e. The van der Waals surface area contributed by atoms with Crippen molar-refractivity contribution in [3.05, 3.63) is 0 Å². The highest BCUT2D eigenvalue weighted by atomic mass is 19.4. The molecule has 3 aliphatic heterocycles. The van der Waals surface area contributed by atoms with Crippen LogP contribution in [0, 0.1) is 75.4 Å². The minimum absolute atomic E-state index is 0.0204. The van der Waals surface area contributed by atoms with Gasteiger partial charge in [-0.15, -0.1) is 0 Å². The first kappa shape index (κ1) is 74.6. The highest BCUT2D eigenvalue weighted by Gasteiger charge is 2.51. The monoisotopic (exact) mass is 1160 g/mol. The standard InChI is InChI=1S/C12H24N2O.C12H24N2.C11H23NO.C11H23N.C10H19F3N2O.C10H21N/c1-12(2,3)14-6-9(8-4-5-8)11(15)10(13)7-14;1-12(2,3)14-7-10(9-4-5-9)6-11(13)8-14;1-7-5-8(11(2,3)4)6-9(12)10(7)13;1-8-5-9(11(2,3)4)7-10(12)6-8;1-9(2,3)15-4-6(10(11,12)13)8(16)7(14)5-15;1-10(2,3)8-5-4-6-9(11)7-8/h8-11,15H,4-7,13H2,1-3H3;9-11H,4-8,13H2,1-3H3;7-10,13H,5-6,12H2,1-4H3;8-10H,5-7,12H2,1-4H3;6-8,16H,4-5,14H2,1-3H3;8-9H,4-7,11H2,1-3H3/t9-,10-,11-;10-,11+;7-,8?,9+,10+;8-,9?,10-;6-,7+,8+;8?,9-/m110000/s1. The summed E-state index contributed by atoms with van der Waals surface area (Å²) in [5.74, 6) is 4.80. The van der Waals surface area contributed by atoms with Crippen LogP contribution in [0.4, 0.5) is 13.2 Å². The Labute approximate surface area is 496 Å². The maximum absolute atomic E-state index is 12.7. The molecule has 3 heterocycles. The van der Waals surface area contributed by atoms with Crippen molar-refractivity contribution >= 4 is 0 Å². The van der Waals surface area contributed by atoms with Gasteiger partial charge in [-0.05, 0) is 209 Å². The van der Waals surface area contributed by atoms with Gasteiger partial charge in [0.1, 0.15) is 0 Å². The maximum atomic E-state index is 12.7. The Kier molecular flexibility index (Phi) is 27.6. The third-order valence-electron chi connectivity index (χ3n) is 20.3. The average Bonchev–Trinajstić information content (AvgIpc) is 4.24. The van der Waals surface area contributed by atoms with Crippen LogP contribution in [0.3, 0.4) is 0 Å². The van der Waals surface area contributed by atoms with Crippen LogP contribution in [0.2, 0.25) is 0 Å². The summed E-state index contributed by atoms with van der Waals surface area (Å²) in [4.78, 5) is 6.67. The summed E-state index contributed by atoms with van der Waals surface area (Å²) in [5.41, 5.74) is 36.9. The number of likely N-dealkylation sites (tertiary alicyclic amines) is 3. The molecule has 8 fully saturated rings. The molecule has 15 N–H and O–H groups in total. The number of rotatable bonds is 2. The molecule has 8 rings (SSSR count). The van der Waals surface area contributed by atoms with Gasteiger partial charge in [0.15, 0.2) is 0 Å². The summed E-state index contributed by atoms with van der Waals surface area (Å²) in [6.45, 7) is 48.6. The van der Waals surface area contributed by atoms with Crippen LogP contribution in [0.5, 0.6) is 0 Å². The Morgan fingerprint density at radius 2 is 0.815 bits per heavy atom. The number of aliphatic hydroxyl groups excluding tert-OH is 3. The lowest BCUT2D eigenvalue weighted by molar-refractivity contribution is -0.220. The molecule has 0 amide bonds. The predicted molar refractivity (Wildman–Crippen MR) is 335 cm³/mol. The third-order valence-corrected chi connectivity index (χ3v) is 20.3. The van der Waals surface area contributed by atoms with Crippen LogP contribution in [0.25, 0.3) is 0 Å². The van der Waals surface area contributed by atoms with Crippen molar-refractivity contribution in [2.75, 3.05) is 39.3 Å². The lowest BCUT2D eigenvalue weighted by atomic mass is 9.67. The van der Waals surface area contributed by atoms with Crippen LogP contribution in [0.1, 0.15) is 228 Å². The minimum Gasteiger partial charge on any atom is -0.391 e. The molecule has 3 unspecified atom stereocenters. The van der Waals surface area contributed by atoms with Gasteiger partial charge in [0.05, 0.1) is 24.2 Å². The fourth-order valence-corrected chi connectivity index (χ4v) is 13.8. The van der Waals surface area contributed by atoms with Gasteiger partial charge < -0.3 is 49.7 Å². The smallest absolute Gasteiger partial charge is 0.391 e. The molecular formula is C66H134F3N9O3. The second-order valence-corrected chi connectivity index (χ2v) is 34.1. The van der Waals surface area contributed by atoms with E-state index < -0.39 is 24.2 Å². The molecule has 0 aromatic carbocycles. The molecule has 5 saturated carbocycles. The van der Waals surface area contributed by atoms with Gasteiger partial charge >= 0.3 is 6.18 Å². The number of hydrogen-bond acceptors (Lipinski definition) is 12. The van der Waals surface area contributed by atoms with Crippen LogP contribution >= 0.6 is 0 Å². The van der Waals surface area contributed by atoms with E-state index in [9.17, 15) is 28.5 Å².